The lowest BCUT2D eigenvalue weighted by molar-refractivity contribution is 0.214. The Morgan fingerprint density at radius 2 is 2.21 bits per heavy atom. The predicted octanol–water partition coefficient (Wildman–Crippen LogP) is 2.76. The first kappa shape index (κ1) is 11.3. The SMILES string of the molecule is Cc1ccc(Cl)c(OC(C)CCN)c1. The molecule has 1 aromatic rings. The van der Waals surface area contributed by atoms with Gasteiger partial charge in [0.25, 0.3) is 0 Å². The fourth-order valence-corrected chi connectivity index (χ4v) is 1.37. The second-order valence-electron chi connectivity index (χ2n) is 3.44. The molecule has 0 spiro atoms. The van der Waals surface area contributed by atoms with E-state index >= 15 is 0 Å². The van der Waals surface area contributed by atoms with Gasteiger partial charge in [0.2, 0.25) is 0 Å². The molecule has 1 unspecified atom stereocenters. The summed E-state index contributed by atoms with van der Waals surface area (Å²) in [7, 11) is 0. The van der Waals surface area contributed by atoms with Gasteiger partial charge >= 0.3 is 0 Å². The highest BCUT2D eigenvalue weighted by Crippen LogP contribution is 2.26. The summed E-state index contributed by atoms with van der Waals surface area (Å²) in [6.45, 7) is 4.63. The van der Waals surface area contributed by atoms with Crippen molar-refractivity contribution in [3.05, 3.63) is 28.8 Å². The van der Waals surface area contributed by atoms with E-state index in [1.165, 1.54) is 0 Å². The van der Waals surface area contributed by atoms with E-state index in [1.807, 2.05) is 32.0 Å². The molecule has 0 aliphatic rings. The van der Waals surface area contributed by atoms with E-state index in [2.05, 4.69) is 0 Å². The third-order valence-electron chi connectivity index (χ3n) is 1.99. The molecule has 0 amide bonds. The topological polar surface area (TPSA) is 35.2 Å². The van der Waals surface area contributed by atoms with E-state index < -0.39 is 0 Å². The number of hydrogen-bond donors (Lipinski definition) is 1. The molecule has 78 valence electrons. The molecule has 0 fully saturated rings. The van der Waals surface area contributed by atoms with Crippen molar-refractivity contribution in [2.24, 2.45) is 5.73 Å². The maximum Gasteiger partial charge on any atom is 0.138 e. The molecular formula is C11H16ClNO. The summed E-state index contributed by atoms with van der Waals surface area (Å²) in [4.78, 5) is 0. The highest BCUT2D eigenvalue weighted by atomic mass is 35.5. The molecule has 0 heterocycles. The standard InChI is InChI=1S/C11H16ClNO/c1-8-3-4-10(12)11(7-8)14-9(2)5-6-13/h3-4,7,9H,5-6,13H2,1-2H3. The molecule has 0 radical (unpaired) electrons. The van der Waals surface area contributed by atoms with Crippen LogP contribution in [-0.2, 0) is 0 Å². The molecule has 14 heavy (non-hydrogen) atoms. The zero-order valence-corrected chi connectivity index (χ0v) is 9.34. The molecule has 2 N–H and O–H groups in total. The Bertz CT molecular complexity index is 301. The molecule has 0 aliphatic heterocycles. The van der Waals surface area contributed by atoms with E-state index in [-0.39, 0.29) is 6.10 Å². The zero-order valence-electron chi connectivity index (χ0n) is 8.59. The van der Waals surface area contributed by atoms with E-state index in [0.29, 0.717) is 11.6 Å². The fourth-order valence-electron chi connectivity index (χ4n) is 1.21. The van der Waals surface area contributed by atoms with Crippen LogP contribution in [0.25, 0.3) is 0 Å². The highest BCUT2D eigenvalue weighted by molar-refractivity contribution is 6.32. The van der Waals surface area contributed by atoms with Gasteiger partial charge in [0.15, 0.2) is 0 Å². The van der Waals surface area contributed by atoms with Crippen molar-refractivity contribution in [3.8, 4) is 5.75 Å². The largest absolute Gasteiger partial charge is 0.489 e. The van der Waals surface area contributed by atoms with Gasteiger partial charge in [-0.1, -0.05) is 17.7 Å². The smallest absolute Gasteiger partial charge is 0.138 e. The summed E-state index contributed by atoms with van der Waals surface area (Å²) < 4.78 is 5.65. The molecular weight excluding hydrogens is 198 g/mol. The number of ether oxygens (including phenoxy) is 1. The lowest BCUT2D eigenvalue weighted by Crippen LogP contribution is -2.17. The number of halogens is 1. The quantitative estimate of drug-likeness (QED) is 0.835. The Hall–Kier alpha value is -0.730. The number of rotatable bonds is 4. The molecule has 0 aliphatic carbocycles. The van der Waals surface area contributed by atoms with Gasteiger partial charge in [-0.25, -0.2) is 0 Å². The van der Waals surface area contributed by atoms with Crippen LogP contribution >= 0.6 is 11.6 Å². The first-order valence-electron chi connectivity index (χ1n) is 4.76. The molecule has 3 heteroatoms. The van der Waals surface area contributed by atoms with Crippen molar-refractivity contribution in [2.45, 2.75) is 26.4 Å². The summed E-state index contributed by atoms with van der Waals surface area (Å²) in [5.41, 5.74) is 6.58. The Morgan fingerprint density at radius 1 is 1.50 bits per heavy atom. The maximum absolute atomic E-state index is 5.98. The van der Waals surface area contributed by atoms with Gasteiger partial charge in [-0.05, 0) is 44.5 Å². The molecule has 1 aromatic carbocycles. The van der Waals surface area contributed by atoms with Crippen LogP contribution in [0.1, 0.15) is 18.9 Å². The number of nitrogens with two attached hydrogens (primary N) is 1. The minimum Gasteiger partial charge on any atom is -0.489 e. The first-order chi connectivity index (χ1) is 6.63. The summed E-state index contributed by atoms with van der Waals surface area (Å²) in [5.74, 6) is 0.743. The third-order valence-corrected chi connectivity index (χ3v) is 2.30. The van der Waals surface area contributed by atoms with Crippen LogP contribution in [0, 0.1) is 6.92 Å². The van der Waals surface area contributed by atoms with Crippen molar-refractivity contribution >= 4 is 11.6 Å². The van der Waals surface area contributed by atoms with Gasteiger partial charge < -0.3 is 10.5 Å². The number of aryl methyl sites for hydroxylation is 1. The molecule has 0 saturated carbocycles. The van der Waals surface area contributed by atoms with E-state index in [0.717, 1.165) is 17.7 Å². The Balaban J connectivity index is 2.70. The highest BCUT2D eigenvalue weighted by Gasteiger charge is 2.06. The van der Waals surface area contributed by atoms with Gasteiger partial charge in [0.1, 0.15) is 5.75 Å². The molecule has 0 aromatic heterocycles. The Labute approximate surface area is 90.0 Å². The normalized spacial score (nSPS) is 12.6. The van der Waals surface area contributed by atoms with Crippen molar-refractivity contribution < 1.29 is 4.74 Å². The first-order valence-corrected chi connectivity index (χ1v) is 5.14. The van der Waals surface area contributed by atoms with Gasteiger partial charge in [-0.3, -0.25) is 0 Å². The van der Waals surface area contributed by atoms with Gasteiger partial charge in [-0.2, -0.15) is 0 Å². The second kappa shape index (κ2) is 5.23. The average molecular weight is 214 g/mol. The molecule has 0 saturated heterocycles. The van der Waals surface area contributed by atoms with Crippen LogP contribution in [-0.4, -0.2) is 12.6 Å². The fraction of sp³-hybridized carbons (Fsp3) is 0.455. The monoisotopic (exact) mass is 213 g/mol. The van der Waals surface area contributed by atoms with Crippen LogP contribution in [0.2, 0.25) is 5.02 Å². The Morgan fingerprint density at radius 3 is 2.86 bits per heavy atom. The van der Waals surface area contributed by atoms with E-state index in [9.17, 15) is 0 Å². The molecule has 0 bridgehead atoms. The maximum atomic E-state index is 5.98. The van der Waals surface area contributed by atoms with Crippen LogP contribution in [0.15, 0.2) is 18.2 Å². The minimum atomic E-state index is 0.110. The number of hydrogen-bond acceptors (Lipinski definition) is 2. The second-order valence-corrected chi connectivity index (χ2v) is 3.85. The lowest BCUT2D eigenvalue weighted by atomic mass is 10.2. The van der Waals surface area contributed by atoms with Crippen molar-refractivity contribution in [2.75, 3.05) is 6.54 Å². The van der Waals surface area contributed by atoms with E-state index in [4.69, 9.17) is 22.1 Å². The Kier molecular flexibility index (Phi) is 4.23. The van der Waals surface area contributed by atoms with Crippen LogP contribution in [0.4, 0.5) is 0 Å². The van der Waals surface area contributed by atoms with Crippen LogP contribution in [0.5, 0.6) is 5.75 Å². The number of benzene rings is 1. The van der Waals surface area contributed by atoms with Crippen LogP contribution in [0.3, 0.4) is 0 Å². The van der Waals surface area contributed by atoms with Crippen molar-refractivity contribution in [3.63, 3.8) is 0 Å². The van der Waals surface area contributed by atoms with Gasteiger partial charge in [0, 0.05) is 0 Å². The van der Waals surface area contributed by atoms with Gasteiger partial charge in [0.05, 0.1) is 11.1 Å². The third kappa shape index (κ3) is 3.20. The van der Waals surface area contributed by atoms with Crippen molar-refractivity contribution in [1.82, 2.24) is 0 Å². The van der Waals surface area contributed by atoms with Gasteiger partial charge in [-0.15, -0.1) is 0 Å². The average Bonchev–Trinajstić information content (AvgIpc) is 2.12. The molecule has 1 rings (SSSR count). The summed E-state index contributed by atoms with van der Waals surface area (Å²) in [5, 5.41) is 0.652. The van der Waals surface area contributed by atoms with Crippen molar-refractivity contribution in [1.29, 1.82) is 0 Å². The summed E-state index contributed by atoms with van der Waals surface area (Å²) in [6, 6.07) is 5.75. The predicted molar refractivity (Wildman–Crippen MR) is 60.0 cm³/mol. The molecule has 1 atom stereocenters. The van der Waals surface area contributed by atoms with Crippen LogP contribution < -0.4 is 10.5 Å². The lowest BCUT2D eigenvalue weighted by Gasteiger charge is -2.15. The summed E-state index contributed by atoms with van der Waals surface area (Å²) >= 11 is 5.98. The zero-order chi connectivity index (χ0) is 10.6. The summed E-state index contributed by atoms with van der Waals surface area (Å²) in [6.07, 6.45) is 0.948. The molecule has 2 nitrogen and oxygen atoms in total. The van der Waals surface area contributed by atoms with E-state index in [1.54, 1.807) is 0 Å². The minimum absolute atomic E-state index is 0.110.